The molecular formula is C39H44ClN5O4. The summed E-state index contributed by atoms with van der Waals surface area (Å²) >= 11 is 7.18. The third-order valence-corrected chi connectivity index (χ3v) is 10.1. The number of ether oxygens (including phenoxy) is 2. The van der Waals surface area contributed by atoms with Crippen molar-refractivity contribution in [1.29, 1.82) is 0 Å². The third kappa shape index (κ3) is 6.73. The van der Waals surface area contributed by atoms with E-state index in [2.05, 4.69) is 58.8 Å². The molecular weight excluding hydrogens is 638 g/mol. The molecule has 0 saturated carbocycles. The number of aromatic carboxylic acids is 1. The second-order valence-electron chi connectivity index (χ2n) is 13.0. The molecule has 2 aliphatic rings. The highest BCUT2D eigenvalue weighted by Gasteiger charge is 2.30. The lowest BCUT2D eigenvalue weighted by Crippen LogP contribution is -2.38. The van der Waals surface area contributed by atoms with Crippen LogP contribution < -0.4 is 4.74 Å². The second kappa shape index (κ2) is 14.8. The highest BCUT2D eigenvalue weighted by atomic mass is 35.5. The zero-order valence-corrected chi connectivity index (χ0v) is 29.1. The zero-order chi connectivity index (χ0) is 33.9. The first-order valence-corrected chi connectivity index (χ1v) is 17.7. The van der Waals surface area contributed by atoms with Crippen molar-refractivity contribution in [2.45, 2.75) is 45.8 Å². The lowest BCUT2D eigenvalue weighted by Gasteiger charge is -2.27. The van der Waals surface area contributed by atoms with E-state index in [0.29, 0.717) is 43.3 Å². The molecule has 0 spiro atoms. The zero-order valence-electron chi connectivity index (χ0n) is 28.3. The molecule has 49 heavy (non-hydrogen) atoms. The van der Waals surface area contributed by atoms with Crippen LogP contribution >= 0.6 is 11.6 Å². The number of allylic oxidation sites excluding steroid dienone is 1. The molecule has 0 radical (unpaired) electrons. The largest absolute Gasteiger partial charge is 0.493 e. The topological polar surface area (TPSA) is 85.0 Å². The Kier molecular flexibility index (Phi) is 10.0. The van der Waals surface area contributed by atoms with Gasteiger partial charge in [0, 0.05) is 61.2 Å². The quantitative estimate of drug-likeness (QED) is 0.127. The van der Waals surface area contributed by atoms with Gasteiger partial charge in [0.15, 0.2) is 0 Å². The first-order valence-electron chi connectivity index (χ1n) is 17.3. The number of hydrogen-bond donors (Lipinski definition) is 1. The third-order valence-electron chi connectivity index (χ3n) is 9.80. The minimum absolute atomic E-state index is 0.306. The van der Waals surface area contributed by atoms with Gasteiger partial charge in [0.2, 0.25) is 0 Å². The number of aromatic nitrogens is 3. The van der Waals surface area contributed by atoms with Crippen molar-refractivity contribution in [3.05, 3.63) is 94.4 Å². The monoisotopic (exact) mass is 681 g/mol. The number of rotatable bonds is 10. The van der Waals surface area contributed by atoms with Crippen LogP contribution in [0.25, 0.3) is 32.8 Å². The van der Waals surface area contributed by atoms with Gasteiger partial charge in [-0.1, -0.05) is 73.1 Å². The van der Waals surface area contributed by atoms with Crippen molar-refractivity contribution in [3.63, 3.8) is 0 Å². The molecule has 1 saturated heterocycles. The number of morpholine rings is 1. The Bertz CT molecular complexity index is 2000. The van der Waals surface area contributed by atoms with Crippen LogP contribution in [-0.2, 0) is 37.2 Å². The molecule has 2 aliphatic heterocycles. The number of likely N-dealkylation sites (N-methyl/N-ethyl adjacent to an activating group) is 1. The van der Waals surface area contributed by atoms with E-state index in [1.165, 1.54) is 0 Å². The minimum atomic E-state index is -0.944. The van der Waals surface area contributed by atoms with E-state index in [9.17, 15) is 9.90 Å². The van der Waals surface area contributed by atoms with E-state index in [1.54, 1.807) is 0 Å². The van der Waals surface area contributed by atoms with Gasteiger partial charge in [0.25, 0.3) is 0 Å². The smallest absolute Gasteiger partial charge is 0.352 e. The molecule has 9 nitrogen and oxygen atoms in total. The van der Waals surface area contributed by atoms with Crippen LogP contribution in [0.5, 0.6) is 5.75 Å². The number of halogens is 1. The van der Waals surface area contributed by atoms with E-state index < -0.39 is 5.97 Å². The van der Waals surface area contributed by atoms with Gasteiger partial charge in [0.1, 0.15) is 11.4 Å². The van der Waals surface area contributed by atoms with E-state index in [4.69, 9.17) is 26.2 Å². The molecule has 10 heteroatoms. The van der Waals surface area contributed by atoms with Gasteiger partial charge in [-0.15, -0.1) is 0 Å². The highest BCUT2D eigenvalue weighted by molar-refractivity contribution is 6.35. The second-order valence-corrected chi connectivity index (χ2v) is 13.4. The Morgan fingerprint density at radius 3 is 2.59 bits per heavy atom. The van der Waals surface area contributed by atoms with E-state index in [1.807, 2.05) is 41.0 Å². The summed E-state index contributed by atoms with van der Waals surface area (Å²) in [6.45, 7) is 9.41. The Balaban J connectivity index is 1.30. The van der Waals surface area contributed by atoms with E-state index in [0.717, 1.165) is 108 Å². The van der Waals surface area contributed by atoms with Crippen LogP contribution in [0.4, 0.5) is 0 Å². The van der Waals surface area contributed by atoms with Crippen molar-refractivity contribution in [2.24, 2.45) is 0 Å². The normalized spacial score (nSPS) is 16.5. The number of hydrogen-bond acceptors (Lipinski definition) is 6. The van der Waals surface area contributed by atoms with Gasteiger partial charge in [0.05, 0.1) is 48.3 Å². The first-order chi connectivity index (χ1) is 23.9. The molecule has 0 bridgehead atoms. The number of carboxylic acid groups (broad SMARTS) is 1. The maximum atomic E-state index is 13.1. The molecule has 3 aromatic carbocycles. The molecule has 0 unspecified atom stereocenters. The van der Waals surface area contributed by atoms with Crippen molar-refractivity contribution in [3.8, 4) is 16.9 Å². The summed E-state index contributed by atoms with van der Waals surface area (Å²) < 4.78 is 16.0. The number of aryl methyl sites for hydroxylation is 2. The summed E-state index contributed by atoms with van der Waals surface area (Å²) in [5.74, 6) is -0.108. The average molecular weight is 682 g/mol. The molecule has 0 amide bonds. The molecule has 1 N–H and O–H groups in total. The summed E-state index contributed by atoms with van der Waals surface area (Å²) in [5, 5.41) is 19.6. The van der Waals surface area contributed by atoms with E-state index >= 15 is 0 Å². The number of carbonyl (C=O) groups is 1. The van der Waals surface area contributed by atoms with Crippen molar-refractivity contribution in [1.82, 2.24) is 24.1 Å². The predicted molar refractivity (Wildman–Crippen MR) is 195 cm³/mol. The van der Waals surface area contributed by atoms with Crippen molar-refractivity contribution in [2.75, 3.05) is 53.0 Å². The summed E-state index contributed by atoms with van der Waals surface area (Å²) in [6, 6.07) is 18.2. The van der Waals surface area contributed by atoms with Crippen LogP contribution in [-0.4, -0.2) is 88.3 Å². The highest BCUT2D eigenvalue weighted by Crippen LogP contribution is 2.43. The summed E-state index contributed by atoms with van der Waals surface area (Å²) in [4.78, 5) is 17.8. The van der Waals surface area contributed by atoms with Crippen LogP contribution in [0.15, 0.2) is 66.7 Å². The fourth-order valence-electron chi connectivity index (χ4n) is 7.41. The van der Waals surface area contributed by atoms with Crippen LogP contribution in [0.1, 0.15) is 40.8 Å². The predicted octanol–water partition coefficient (Wildman–Crippen LogP) is 6.92. The van der Waals surface area contributed by atoms with Crippen molar-refractivity contribution < 1.29 is 19.4 Å². The summed E-state index contributed by atoms with van der Waals surface area (Å²) in [5.41, 5.74) is 5.94. The SMILES string of the molecule is CCc1nn(CCN2CCOCC2)c2c1-c1c(Cl)ccc3c(CCCOc4cccc5ccccc45)c(C(=O)O)n(c13)C/C=C\CN(C)C2. The van der Waals surface area contributed by atoms with Gasteiger partial charge in [-0.05, 0) is 49.4 Å². The molecule has 0 atom stereocenters. The lowest BCUT2D eigenvalue weighted by molar-refractivity contribution is 0.0358. The molecule has 256 valence electrons. The molecule has 5 aromatic rings. The molecule has 4 heterocycles. The number of carboxylic acids is 1. The average Bonchev–Trinajstić information content (AvgIpc) is 3.61. The van der Waals surface area contributed by atoms with Gasteiger partial charge in [-0.2, -0.15) is 5.10 Å². The van der Waals surface area contributed by atoms with Crippen molar-refractivity contribution >= 4 is 39.2 Å². The standard InChI is InChI=1S/C39H44ClN5O4/c1-3-32-36-33(45(41-32)20-19-43-21-24-48-25-22-43)26-42(2)17-6-7-18-44-37-30(15-16-31(40)35(36)37)29(38(44)39(46)47)13-9-23-49-34-14-8-11-27-10-4-5-12-28(27)34/h4-8,10-12,14-16H,3,9,13,17-26H2,1-2H3,(H,46,47)/b7-6-. The molecule has 0 aliphatic carbocycles. The molecule has 7 rings (SSSR count). The first kappa shape index (κ1) is 33.4. The Morgan fingerprint density at radius 2 is 1.78 bits per heavy atom. The van der Waals surface area contributed by atoms with Crippen LogP contribution in [0.2, 0.25) is 5.02 Å². The van der Waals surface area contributed by atoms with Crippen LogP contribution in [0, 0.1) is 0 Å². The van der Waals surface area contributed by atoms with Gasteiger partial charge in [-0.3, -0.25) is 14.5 Å². The minimum Gasteiger partial charge on any atom is -0.493 e. The summed E-state index contributed by atoms with van der Waals surface area (Å²) in [6.07, 6.45) is 6.13. The molecule has 2 aromatic heterocycles. The Hall–Kier alpha value is -4.15. The lowest BCUT2D eigenvalue weighted by atomic mass is 9.97. The fourth-order valence-corrected chi connectivity index (χ4v) is 7.66. The maximum absolute atomic E-state index is 13.1. The number of benzene rings is 3. The molecule has 1 fully saturated rings. The van der Waals surface area contributed by atoms with Crippen LogP contribution in [0.3, 0.4) is 0 Å². The van der Waals surface area contributed by atoms with Gasteiger partial charge >= 0.3 is 5.97 Å². The number of nitrogens with zero attached hydrogens (tertiary/aromatic N) is 5. The number of fused-ring (bicyclic) bond motifs is 3. The Labute approximate surface area is 292 Å². The van der Waals surface area contributed by atoms with Gasteiger partial charge in [-0.25, -0.2) is 4.79 Å². The van der Waals surface area contributed by atoms with Gasteiger partial charge < -0.3 is 19.1 Å². The Morgan fingerprint density at radius 1 is 0.980 bits per heavy atom. The van der Waals surface area contributed by atoms with E-state index in [-0.39, 0.29) is 0 Å². The fraction of sp³-hybridized carbons (Fsp3) is 0.385. The summed E-state index contributed by atoms with van der Waals surface area (Å²) in [7, 11) is 2.11. The maximum Gasteiger partial charge on any atom is 0.352 e.